The van der Waals surface area contributed by atoms with Crippen LogP contribution >= 0.6 is 0 Å². The van der Waals surface area contributed by atoms with Gasteiger partial charge in [-0.2, -0.15) is 0 Å². The number of hydrogen-bond donors (Lipinski definition) is 1. The van der Waals surface area contributed by atoms with Gasteiger partial charge in [-0.1, -0.05) is 12.1 Å². The minimum Gasteiger partial charge on any atom is -0.491 e. The van der Waals surface area contributed by atoms with Crippen LogP contribution in [0.2, 0.25) is 0 Å². The number of ether oxygens (including phenoxy) is 2. The molecule has 0 amide bonds. The second kappa shape index (κ2) is 5.73. The van der Waals surface area contributed by atoms with E-state index in [-0.39, 0.29) is 6.61 Å². The van der Waals surface area contributed by atoms with Gasteiger partial charge in [0.15, 0.2) is 0 Å². The van der Waals surface area contributed by atoms with Crippen molar-refractivity contribution in [1.29, 1.82) is 0 Å². The number of rotatable bonds is 5. The molecule has 1 unspecified atom stereocenters. The molecule has 1 rings (SSSR count). The Morgan fingerprint density at radius 1 is 1.27 bits per heavy atom. The predicted molar refractivity (Wildman–Crippen MR) is 59.3 cm³/mol. The lowest BCUT2D eigenvalue weighted by atomic mass is 10.1. The molecule has 0 fully saturated rings. The molecule has 84 valence electrons. The Morgan fingerprint density at radius 2 is 2.00 bits per heavy atom. The summed E-state index contributed by atoms with van der Waals surface area (Å²) in [6, 6.07) is 6.01. The van der Waals surface area contributed by atoms with Crippen molar-refractivity contribution in [2.75, 3.05) is 20.3 Å². The molecule has 0 saturated carbocycles. The maximum atomic E-state index is 9.42. The van der Waals surface area contributed by atoms with Gasteiger partial charge in [-0.15, -0.1) is 0 Å². The largest absolute Gasteiger partial charge is 0.491 e. The zero-order valence-electron chi connectivity index (χ0n) is 9.49. The average Bonchev–Trinajstić information content (AvgIpc) is 2.20. The Balaban J connectivity index is 2.53. The first kappa shape index (κ1) is 12.0. The number of hydrogen-bond acceptors (Lipinski definition) is 3. The van der Waals surface area contributed by atoms with Gasteiger partial charge < -0.3 is 14.6 Å². The summed E-state index contributed by atoms with van der Waals surface area (Å²) in [5.74, 6) is 0.824. The number of methoxy groups -OCH3 is 1. The van der Waals surface area contributed by atoms with Gasteiger partial charge in [-0.25, -0.2) is 0 Å². The van der Waals surface area contributed by atoms with Gasteiger partial charge >= 0.3 is 0 Å². The summed E-state index contributed by atoms with van der Waals surface area (Å²) in [5, 5.41) is 9.42. The molecule has 0 heterocycles. The van der Waals surface area contributed by atoms with Crippen LogP contribution in [0.15, 0.2) is 18.2 Å². The number of aliphatic hydroxyl groups excluding tert-OH is 1. The van der Waals surface area contributed by atoms with E-state index in [9.17, 15) is 5.11 Å². The molecule has 1 aromatic rings. The van der Waals surface area contributed by atoms with Crippen molar-refractivity contribution < 1.29 is 14.6 Å². The lowest BCUT2D eigenvalue weighted by molar-refractivity contribution is 0.0324. The summed E-state index contributed by atoms with van der Waals surface area (Å²) in [6.45, 7) is 4.55. The Hall–Kier alpha value is -1.06. The second-order valence-electron chi connectivity index (χ2n) is 3.69. The fourth-order valence-corrected chi connectivity index (χ4v) is 1.29. The Labute approximate surface area is 90.6 Å². The molecule has 0 aliphatic carbocycles. The average molecular weight is 210 g/mol. The summed E-state index contributed by atoms with van der Waals surface area (Å²) in [4.78, 5) is 0. The Bertz CT molecular complexity index is 310. The van der Waals surface area contributed by atoms with E-state index >= 15 is 0 Å². The smallest absolute Gasteiger partial charge is 0.122 e. The first-order valence-electron chi connectivity index (χ1n) is 5.00. The van der Waals surface area contributed by atoms with E-state index in [0.29, 0.717) is 6.61 Å². The predicted octanol–water partition coefficient (Wildman–Crippen LogP) is 1.69. The van der Waals surface area contributed by atoms with Crippen molar-refractivity contribution in [2.24, 2.45) is 0 Å². The van der Waals surface area contributed by atoms with Crippen molar-refractivity contribution in [3.63, 3.8) is 0 Å². The van der Waals surface area contributed by atoms with Crippen LogP contribution in [0.5, 0.6) is 5.75 Å². The van der Waals surface area contributed by atoms with Gasteiger partial charge in [0.25, 0.3) is 0 Å². The summed E-state index contributed by atoms with van der Waals surface area (Å²) >= 11 is 0. The highest BCUT2D eigenvalue weighted by atomic mass is 16.5. The molecule has 0 aromatic heterocycles. The number of aryl methyl sites for hydroxylation is 2. The van der Waals surface area contributed by atoms with Crippen LogP contribution in [0.1, 0.15) is 11.1 Å². The monoisotopic (exact) mass is 210 g/mol. The van der Waals surface area contributed by atoms with Gasteiger partial charge in [0.2, 0.25) is 0 Å². The second-order valence-corrected chi connectivity index (χ2v) is 3.69. The van der Waals surface area contributed by atoms with Crippen LogP contribution in [0.4, 0.5) is 0 Å². The van der Waals surface area contributed by atoms with Gasteiger partial charge in [0, 0.05) is 7.11 Å². The van der Waals surface area contributed by atoms with Gasteiger partial charge in [-0.3, -0.25) is 0 Å². The van der Waals surface area contributed by atoms with Crippen LogP contribution in [0.3, 0.4) is 0 Å². The van der Waals surface area contributed by atoms with Crippen LogP contribution in [0.25, 0.3) is 0 Å². The van der Waals surface area contributed by atoms with Crippen molar-refractivity contribution in [1.82, 2.24) is 0 Å². The first-order chi connectivity index (χ1) is 7.13. The zero-order valence-corrected chi connectivity index (χ0v) is 9.49. The van der Waals surface area contributed by atoms with Crippen molar-refractivity contribution >= 4 is 0 Å². The summed E-state index contributed by atoms with van der Waals surface area (Å²) < 4.78 is 10.3. The van der Waals surface area contributed by atoms with Crippen LogP contribution in [-0.4, -0.2) is 31.5 Å². The molecule has 0 spiro atoms. The molecule has 1 N–H and O–H groups in total. The molecule has 0 radical (unpaired) electrons. The molecule has 3 nitrogen and oxygen atoms in total. The lowest BCUT2D eigenvalue weighted by Crippen LogP contribution is -2.22. The van der Waals surface area contributed by atoms with Crippen molar-refractivity contribution in [3.8, 4) is 5.75 Å². The molecule has 1 atom stereocenters. The molecule has 0 bridgehead atoms. The van der Waals surface area contributed by atoms with E-state index in [4.69, 9.17) is 9.47 Å². The molecular weight excluding hydrogens is 192 g/mol. The van der Waals surface area contributed by atoms with E-state index in [1.54, 1.807) is 7.11 Å². The van der Waals surface area contributed by atoms with Crippen LogP contribution in [-0.2, 0) is 4.74 Å². The number of aliphatic hydroxyl groups is 1. The summed E-state index contributed by atoms with van der Waals surface area (Å²) in [6.07, 6.45) is -0.574. The molecule has 0 aliphatic heterocycles. The van der Waals surface area contributed by atoms with Gasteiger partial charge in [0.05, 0.1) is 6.61 Å². The van der Waals surface area contributed by atoms with Gasteiger partial charge in [-0.05, 0) is 31.0 Å². The highest BCUT2D eigenvalue weighted by Gasteiger charge is 2.06. The molecule has 0 saturated heterocycles. The highest BCUT2D eigenvalue weighted by Crippen LogP contribution is 2.19. The van der Waals surface area contributed by atoms with E-state index < -0.39 is 6.10 Å². The first-order valence-corrected chi connectivity index (χ1v) is 5.00. The van der Waals surface area contributed by atoms with E-state index in [2.05, 4.69) is 0 Å². The topological polar surface area (TPSA) is 38.7 Å². The summed E-state index contributed by atoms with van der Waals surface area (Å²) in [7, 11) is 1.56. The Morgan fingerprint density at radius 3 is 2.67 bits per heavy atom. The molecule has 1 aromatic carbocycles. The van der Waals surface area contributed by atoms with Gasteiger partial charge in [0.1, 0.15) is 18.5 Å². The van der Waals surface area contributed by atoms with E-state index in [1.807, 2.05) is 32.0 Å². The third-order valence-corrected chi connectivity index (χ3v) is 2.13. The lowest BCUT2D eigenvalue weighted by Gasteiger charge is -2.13. The normalized spacial score (nSPS) is 12.5. The molecular formula is C12H18O3. The third-order valence-electron chi connectivity index (χ3n) is 2.13. The molecule has 0 aliphatic rings. The van der Waals surface area contributed by atoms with Crippen LogP contribution < -0.4 is 4.74 Å². The maximum absolute atomic E-state index is 9.42. The fraction of sp³-hybridized carbons (Fsp3) is 0.500. The highest BCUT2D eigenvalue weighted by molar-refractivity contribution is 5.35. The maximum Gasteiger partial charge on any atom is 0.122 e. The third kappa shape index (κ3) is 3.90. The quantitative estimate of drug-likeness (QED) is 0.803. The van der Waals surface area contributed by atoms with E-state index in [1.165, 1.54) is 0 Å². The SMILES string of the molecule is COCC(O)COc1cc(C)ccc1C. The van der Waals surface area contributed by atoms with Crippen LogP contribution in [0, 0.1) is 13.8 Å². The van der Waals surface area contributed by atoms with E-state index in [0.717, 1.165) is 16.9 Å². The fourth-order valence-electron chi connectivity index (χ4n) is 1.29. The minimum atomic E-state index is -0.574. The standard InChI is InChI=1S/C12H18O3/c1-9-4-5-10(2)12(6-9)15-8-11(13)7-14-3/h4-6,11,13H,7-8H2,1-3H3. The summed E-state index contributed by atoms with van der Waals surface area (Å²) in [5.41, 5.74) is 2.22. The zero-order chi connectivity index (χ0) is 11.3. The Kier molecular flexibility index (Phi) is 4.59. The molecule has 15 heavy (non-hydrogen) atoms. The minimum absolute atomic E-state index is 0.262. The number of benzene rings is 1. The van der Waals surface area contributed by atoms with Crippen molar-refractivity contribution in [3.05, 3.63) is 29.3 Å². The van der Waals surface area contributed by atoms with Crippen molar-refractivity contribution in [2.45, 2.75) is 20.0 Å². The molecule has 3 heteroatoms.